The first-order chi connectivity index (χ1) is 10.2. The van der Waals surface area contributed by atoms with Crippen LogP contribution in [-0.2, 0) is 6.54 Å². The monoisotopic (exact) mass is 303 g/mol. The van der Waals surface area contributed by atoms with Crippen molar-refractivity contribution < 1.29 is 4.39 Å². The van der Waals surface area contributed by atoms with Crippen molar-refractivity contribution >= 4 is 11.3 Å². The van der Waals surface area contributed by atoms with Crippen molar-refractivity contribution in [3.63, 3.8) is 0 Å². The minimum atomic E-state index is -0.134. The molecule has 3 rings (SSSR count). The molecule has 112 valence electrons. The molecule has 1 saturated carbocycles. The van der Waals surface area contributed by atoms with Gasteiger partial charge in [-0.25, -0.2) is 4.39 Å². The predicted molar refractivity (Wildman–Crippen MR) is 88.0 cm³/mol. The maximum absolute atomic E-state index is 14.0. The molecule has 0 radical (unpaired) electrons. The van der Waals surface area contributed by atoms with Gasteiger partial charge >= 0.3 is 0 Å². The summed E-state index contributed by atoms with van der Waals surface area (Å²) in [5.74, 6) is 0.673. The van der Waals surface area contributed by atoms with E-state index < -0.39 is 0 Å². The molecule has 0 bridgehead atoms. The van der Waals surface area contributed by atoms with Crippen molar-refractivity contribution in [2.75, 3.05) is 0 Å². The SMILES string of the molecule is C[C@@H](NCc1ccc(F)c(-c2cccs2)c1)C1CCCC1. The molecule has 1 aromatic heterocycles. The molecule has 3 heteroatoms. The van der Waals surface area contributed by atoms with Crippen LogP contribution in [0.2, 0.25) is 0 Å². The lowest BCUT2D eigenvalue weighted by molar-refractivity contribution is 0.380. The predicted octanol–water partition coefficient (Wildman–Crippen LogP) is 5.22. The second-order valence-electron chi connectivity index (χ2n) is 6.01. The lowest BCUT2D eigenvalue weighted by Gasteiger charge is -2.20. The lowest BCUT2D eigenvalue weighted by atomic mass is 9.99. The van der Waals surface area contributed by atoms with Gasteiger partial charge in [0.1, 0.15) is 5.82 Å². The summed E-state index contributed by atoms with van der Waals surface area (Å²) in [5, 5.41) is 5.60. The molecular weight excluding hydrogens is 281 g/mol. The molecule has 21 heavy (non-hydrogen) atoms. The van der Waals surface area contributed by atoms with E-state index in [1.807, 2.05) is 29.6 Å². The van der Waals surface area contributed by atoms with Crippen molar-refractivity contribution in [3.8, 4) is 10.4 Å². The van der Waals surface area contributed by atoms with E-state index in [-0.39, 0.29) is 5.82 Å². The van der Waals surface area contributed by atoms with Gasteiger partial charge in [0.25, 0.3) is 0 Å². The number of hydrogen-bond acceptors (Lipinski definition) is 2. The van der Waals surface area contributed by atoms with Gasteiger partial charge in [-0.1, -0.05) is 25.0 Å². The van der Waals surface area contributed by atoms with Crippen LogP contribution in [0.4, 0.5) is 4.39 Å². The topological polar surface area (TPSA) is 12.0 Å². The van der Waals surface area contributed by atoms with E-state index in [4.69, 9.17) is 0 Å². The van der Waals surface area contributed by atoms with Crippen molar-refractivity contribution in [1.82, 2.24) is 5.32 Å². The first kappa shape index (κ1) is 14.7. The summed E-state index contributed by atoms with van der Waals surface area (Å²) in [7, 11) is 0. The van der Waals surface area contributed by atoms with Crippen LogP contribution in [0, 0.1) is 11.7 Å². The first-order valence-corrected chi connectivity index (χ1v) is 8.67. The Kier molecular flexibility index (Phi) is 4.71. The highest BCUT2D eigenvalue weighted by molar-refractivity contribution is 7.13. The Morgan fingerprint density at radius 2 is 2.10 bits per heavy atom. The third-order valence-electron chi connectivity index (χ3n) is 4.55. The fraction of sp³-hybridized carbons (Fsp3) is 0.444. The van der Waals surface area contributed by atoms with E-state index in [1.54, 1.807) is 17.4 Å². The second kappa shape index (κ2) is 6.71. The molecule has 1 nitrogen and oxygen atoms in total. The summed E-state index contributed by atoms with van der Waals surface area (Å²) in [6.07, 6.45) is 5.43. The van der Waals surface area contributed by atoms with E-state index >= 15 is 0 Å². The maximum atomic E-state index is 14.0. The average molecular weight is 303 g/mol. The molecule has 0 amide bonds. The molecule has 1 heterocycles. The van der Waals surface area contributed by atoms with Crippen molar-refractivity contribution in [3.05, 3.63) is 47.1 Å². The molecule has 1 atom stereocenters. The van der Waals surface area contributed by atoms with Gasteiger partial charge in [0.05, 0.1) is 0 Å². The van der Waals surface area contributed by atoms with Gasteiger partial charge in [-0.3, -0.25) is 0 Å². The summed E-state index contributed by atoms with van der Waals surface area (Å²) in [6, 6.07) is 9.94. The van der Waals surface area contributed by atoms with E-state index in [0.29, 0.717) is 6.04 Å². The molecule has 1 aromatic carbocycles. The number of nitrogens with one attached hydrogen (secondary N) is 1. The summed E-state index contributed by atoms with van der Waals surface area (Å²) < 4.78 is 14.0. The van der Waals surface area contributed by atoms with Crippen molar-refractivity contribution in [2.45, 2.75) is 45.2 Å². The highest BCUT2D eigenvalue weighted by Gasteiger charge is 2.20. The Morgan fingerprint density at radius 1 is 1.29 bits per heavy atom. The largest absolute Gasteiger partial charge is 0.310 e. The zero-order valence-corrected chi connectivity index (χ0v) is 13.3. The Balaban J connectivity index is 1.67. The van der Waals surface area contributed by atoms with Crippen LogP contribution in [0.5, 0.6) is 0 Å². The number of halogens is 1. The van der Waals surface area contributed by atoms with Crippen LogP contribution >= 0.6 is 11.3 Å². The van der Waals surface area contributed by atoms with Crippen LogP contribution in [0.25, 0.3) is 10.4 Å². The minimum absolute atomic E-state index is 0.134. The summed E-state index contributed by atoms with van der Waals surface area (Å²) in [4.78, 5) is 0.998. The average Bonchev–Trinajstić information content (AvgIpc) is 3.19. The van der Waals surface area contributed by atoms with E-state index in [0.717, 1.165) is 28.5 Å². The highest BCUT2D eigenvalue weighted by atomic mass is 32.1. The normalized spacial score (nSPS) is 17.2. The van der Waals surface area contributed by atoms with E-state index in [2.05, 4.69) is 12.2 Å². The smallest absolute Gasteiger partial charge is 0.131 e. The number of hydrogen-bond donors (Lipinski definition) is 1. The molecule has 0 unspecified atom stereocenters. The van der Waals surface area contributed by atoms with Crippen LogP contribution in [0.1, 0.15) is 38.2 Å². The molecule has 1 aliphatic carbocycles. The zero-order chi connectivity index (χ0) is 14.7. The highest BCUT2D eigenvalue weighted by Crippen LogP contribution is 2.29. The molecule has 2 aromatic rings. The standard InChI is InChI=1S/C18H22FNS/c1-13(15-5-2-3-6-15)20-12-14-8-9-17(19)16(11-14)18-7-4-10-21-18/h4,7-11,13,15,20H,2-3,5-6,12H2,1H3/t13-/m1/s1. The van der Waals surface area contributed by atoms with Gasteiger partial charge in [-0.05, 0) is 54.8 Å². The third-order valence-corrected chi connectivity index (χ3v) is 5.46. The zero-order valence-electron chi connectivity index (χ0n) is 12.4. The van der Waals surface area contributed by atoms with Gasteiger partial charge in [-0.2, -0.15) is 0 Å². The van der Waals surface area contributed by atoms with Gasteiger partial charge < -0.3 is 5.32 Å². The molecule has 1 N–H and O–H groups in total. The molecule has 0 spiro atoms. The third kappa shape index (κ3) is 3.53. The molecule has 1 aliphatic rings. The van der Waals surface area contributed by atoms with Crippen LogP contribution in [0.15, 0.2) is 35.7 Å². The summed E-state index contributed by atoms with van der Waals surface area (Å²) >= 11 is 1.58. The second-order valence-corrected chi connectivity index (χ2v) is 6.95. The Hall–Kier alpha value is -1.19. The van der Waals surface area contributed by atoms with Gasteiger partial charge in [-0.15, -0.1) is 11.3 Å². The first-order valence-electron chi connectivity index (χ1n) is 7.80. The molecular formula is C18H22FNS. The Bertz CT molecular complexity index is 573. The number of benzene rings is 1. The van der Waals surface area contributed by atoms with E-state index in [1.165, 1.54) is 25.7 Å². The molecule has 0 aliphatic heterocycles. The van der Waals surface area contributed by atoms with Crippen molar-refractivity contribution in [2.24, 2.45) is 5.92 Å². The Labute approximate surface area is 130 Å². The summed E-state index contributed by atoms with van der Waals surface area (Å²) in [6.45, 7) is 3.09. The van der Waals surface area contributed by atoms with Crippen LogP contribution in [-0.4, -0.2) is 6.04 Å². The summed E-state index contributed by atoms with van der Waals surface area (Å²) in [5.41, 5.74) is 1.88. The van der Waals surface area contributed by atoms with Crippen LogP contribution in [0.3, 0.4) is 0 Å². The fourth-order valence-electron chi connectivity index (χ4n) is 3.21. The lowest BCUT2D eigenvalue weighted by Crippen LogP contribution is -2.31. The number of rotatable bonds is 5. The quantitative estimate of drug-likeness (QED) is 0.798. The fourth-order valence-corrected chi connectivity index (χ4v) is 3.95. The van der Waals surface area contributed by atoms with Crippen molar-refractivity contribution in [1.29, 1.82) is 0 Å². The minimum Gasteiger partial charge on any atom is -0.310 e. The number of thiophene rings is 1. The van der Waals surface area contributed by atoms with Gasteiger partial charge in [0, 0.05) is 23.0 Å². The van der Waals surface area contributed by atoms with Gasteiger partial charge in [0.2, 0.25) is 0 Å². The maximum Gasteiger partial charge on any atom is 0.131 e. The molecule has 1 fully saturated rings. The van der Waals surface area contributed by atoms with E-state index in [9.17, 15) is 4.39 Å². The van der Waals surface area contributed by atoms with Crippen LogP contribution < -0.4 is 5.32 Å². The molecule has 0 saturated heterocycles. The van der Waals surface area contributed by atoms with Gasteiger partial charge in [0.15, 0.2) is 0 Å². The Morgan fingerprint density at radius 3 is 2.81 bits per heavy atom.